The lowest BCUT2D eigenvalue weighted by molar-refractivity contribution is -0.139. The van der Waals surface area contributed by atoms with Gasteiger partial charge in [0.1, 0.15) is 11.6 Å². The van der Waals surface area contributed by atoms with Crippen molar-refractivity contribution >= 4 is 29.3 Å². The van der Waals surface area contributed by atoms with Gasteiger partial charge < -0.3 is 24.7 Å². The van der Waals surface area contributed by atoms with E-state index < -0.39 is 17.7 Å². The number of amides is 3. The van der Waals surface area contributed by atoms with E-state index in [0.29, 0.717) is 45.6 Å². The van der Waals surface area contributed by atoms with Gasteiger partial charge in [-0.3, -0.25) is 9.59 Å². The number of para-hydroxylation sites is 2. The molecule has 1 spiro atoms. The van der Waals surface area contributed by atoms with Gasteiger partial charge in [-0.25, -0.2) is 4.79 Å². The average molecular weight is 434 g/mol. The van der Waals surface area contributed by atoms with Gasteiger partial charge in [-0.15, -0.1) is 0 Å². The topological polar surface area (TPSA) is 84.4 Å². The molecule has 5 rings (SSSR count). The fourth-order valence-electron chi connectivity index (χ4n) is 5.28. The third-order valence-electron chi connectivity index (χ3n) is 7.02. The van der Waals surface area contributed by atoms with E-state index in [1.165, 1.54) is 4.90 Å². The molecule has 1 unspecified atom stereocenters. The standard InChI is InChI=1S/C24H26N4O4/c29-21-20(11-14-26(21)18-7-3-1-4-8-18)27-17-28(19-9-5-2-6-10-19)24(22(27)30)12-15-25(16-13-24)23(31)32/h1-10,20H,11-17H2,(H,31,32). The normalized spacial score (nSPS) is 22.8. The molecule has 3 aliphatic rings. The quantitative estimate of drug-likeness (QED) is 0.803. The summed E-state index contributed by atoms with van der Waals surface area (Å²) < 4.78 is 0. The highest BCUT2D eigenvalue weighted by Gasteiger charge is 2.57. The number of likely N-dealkylation sites (tertiary alicyclic amines) is 1. The molecular weight excluding hydrogens is 408 g/mol. The van der Waals surface area contributed by atoms with Crippen molar-refractivity contribution in [3.05, 3.63) is 60.7 Å². The van der Waals surface area contributed by atoms with Crippen molar-refractivity contribution in [3.63, 3.8) is 0 Å². The van der Waals surface area contributed by atoms with E-state index in [2.05, 4.69) is 4.90 Å². The Morgan fingerprint density at radius 1 is 0.875 bits per heavy atom. The van der Waals surface area contributed by atoms with Gasteiger partial charge in [-0.1, -0.05) is 36.4 Å². The zero-order valence-corrected chi connectivity index (χ0v) is 17.8. The molecule has 3 fully saturated rings. The van der Waals surface area contributed by atoms with Gasteiger partial charge in [-0.2, -0.15) is 0 Å². The summed E-state index contributed by atoms with van der Waals surface area (Å²) in [5.41, 5.74) is 0.932. The number of hydrogen-bond acceptors (Lipinski definition) is 4. The van der Waals surface area contributed by atoms with E-state index in [1.54, 1.807) is 9.80 Å². The molecule has 166 valence electrons. The number of hydrogen-bond donors (Lipinski definition) is 1. The second kappa shape index (κ2) is 7.85. The van der Waals surface area contributed by atoms with E-state index in [-0.39, 0.29) is 11.8 Å². The summed E-state index contributed by atoms with van der Waals surface area (Å²) in [4.78, 5) is 45.5. The Morgan fingerprint density at radius 2 is 1.47 bits per heavy atom. The summed E-state index contributed by atoms with van der Waals surface area (Å²) in [5.74, 6) is -0.128. The number of piperidine rings is 1. The van der Waals surface area contributed by atoms with Gasteiger partial charge >= 0.3 is 6.09 Å². The van der Waals surface area contributed by atoms with Crippen molar-refractivity contribution in [1.82, 2.24) is 9.80 Å². The fourth-order valence-corrected chi connectivity index (χ4v) is 5.28. The van der Waals surface area contributed by atoms with Gasteiger partial charge in [0.15, 0.2) is 0 Å². The molecular formula is C24H26N4O4. The van der Waals surface area contributed by atoms with Crippen LogP contribution in [0, 0.1) is 0 Å². The number of rotatable bonds is 3. The molecule has 0 radical (unpaired) electrons. The average Bonchev–Trinajstić information content (AvgIpc) is 3.33. The van der Waals surface area contributed by atoms with Crippen LogP contribution < -0.4 is 9.80 Å². The number of carbonyl (C=O) groups is 3. The second-order valence-corrected chi connectivity index (χ2v) is 8.61. The lowest BCUT2D eigenvalue weighted by Gasteiger charge is -2.42. The molecule has 8 heteroatoms. The smallest absolute Gasteiger partial charge is 0.407 e. The van der Waals surface area contributed by atoms with E-state index >= 15 is 0 Å². The molecule has 0 aliphatic carbocycles. The van der Waals surface area contributed by atoms with Crippen LogP contribution in [-0.4, -0.2) is 70.7 Å². The Hall–Kier alpha value is -3.55. The molecule has 2 aromatic rings. The van der Waals surface area contributed by atoms with Crippen molar-refractivity contribution in [2.45, 2.75) is 30.8 Å². The first-order chi connectivity index (χ1) is 15.5. The van der Waals surface area contributed by atoms with Crippen LogP contribution in [0.5, 0.6) is 0 Å². The van der Waals surface area contributed by atoms with Gasteiger partial charge in [0.05, 0.1) is 6.67 Å². The fraction of sp³-hybridized carbons (Fsp3) is 0.375. The van der Waals surface area contributed by atoms with Crippen LogP contribution in [0.1, 0.15) is 19.3 Å². The van der Waals surface area contributed by atoms with Crippen LogP contribution in [0.25, 0.3) is 0 Å². The SMILES string of the molecule is O=C(O)N1CCC2(CC1)C(=O)N(C1CCN(c3ccccc3)C1=O)CN2c1ccccc1. The van der Waals surface area contributed by atoms with E-state index in [4.69, 9.17) is 0 Å². The molecule has 0 bridgehead atoms. The maximum absolute atomic E-state index is 13.9. The summed E-state index contributed by atoms with van der Waals surface area (Å²) in [6.45, 7) is 1.50. The zero-order chi connectivity index (χ0) is 22.3. The van der Waals surface area contributed by atoms with E-state index in [0.717, 1.165) is 11.4 Å². The Bertz CT molecular complexity index is 1020. The Balaban J connectivity index is 1.44. The molecule has 2 aromatic carbocycles. The number of carboxylic acid groups (broad SMARTS) is 1. The number of anilines is 2. The van der Waals surface area contributed by atoms with Crippen LogP contribution in [0.15, 0.2) is 60.7 Å². The van der Waals surface area contributed by atoms with Crippen LogP contribution in [0.2, 0.25) is 0 Å². The first-order valence-corrected chi connectivity index (χ1v) is 11.0. The highest BCUT2D eigenvalue weighted by atomic mass is 16.4. The summed E-state index contributed by atoms with van der Waals surface area (Å²) in [5, 5.41) is 9.38. The van der Waals surface area contributed by atoms with Gasteiger partial charge in [0, 0.05) is 31.0 Å². The molecule has 8 nitrogen and oxygen atoms in total. The minimum absolute atomic E-state index is 0.0578. The predicted octanol–water partition coefficient (Wildman–Crippen LogP) is 2.61. The van der Waals surface area contributed by atoms with Crippen LogP contribution >= 0.6 is 0 Å². The first kappa shape index (κ1) is 20.4. The van der Waals surface area contributed by atoms with Crippen molar-refractivity contribution in [2.24, 2.45) is 0 Å². The third kappa shape index (κ3) is 3.18. The van der Waals surface area contributed by atoms with Gasteiger partial charge in [0.2, 0.25) is 5.91 Å². The molecule has 32 heavy (non-hydrogen) atoms. The second-order valence-electron chi connectivity index (χ2n) is 8.61. The molecule has 0 saturated carbocycles. The van der Waals surface area contributed by atoms with Crippen molar-refractivity contribution in [3.8, 4) is 0 Å². The molecule has 3 amide bonds. The van der Waals surface area contributed by atoms with E-state index in [1.807, 2.05) is 60.7 Å². The van der Waals surface area contributed by atoms with Crippen molar-refractivity contribution < 1.29 is 19.5 Å². The van der Waals surface area contributed by atoms with Gasteiger partial charge in [0.25, 0.3) is 5.91 Å². The molecule has 0 aromatic heterocycles. The minimum atomic E-state index is -0.960. The zero-order valence-electron chi connectivity index (χ0n) is 17.8. The Labute approximate surface area is 186 Å². The van der Waals surface area contributed by atoms with Crippen molar-refractivity contribution in [1.29, 1.82) is 0 Å². The summed E-state index contributed by atoms with van der Waals surface area (Å²) in [7, 11) is 0. The predicted molar refractivity (Wildman–Crippen MR) is 119 cm³/mol. The maximum atomic E-state index is 13.9. The van der Waals surface area contributed by atoms with Crippen LogP contribution in [0.4, 0.5) is 16.2 Å². The van der Waals surface area contributed by atoms with Crippen LogP contribution in [0.3, 0.4) is 0 Å². The summed E-state index contributed by atoms with van der Waals surface area (Å²) >= 11 is 0. The molecule has 3 saturated heterocycles. The minimum Gasteiger partial charge on any atom is -0.465 e. The Kier molecular flexibility index (Phi) is 5.00. The molecule has 1 N–H and O–H groups in total. The lowest BCUT2D eigenvalue weighted by Crippen LogP contribution is -2.57. The summed E-state index contributed by atoms with van der Waals surface area (Å²) in [6.07, 6.45) is 0.442. The lowest BCUT2D eigenvalue weighted by atomic mass is 9.85. The number of carbonyl (C=O) groups excluding carboxylic acids is 2. The molecule has 3 aliphatic heterocycles. The van der Waals surface area contributed by atoms with E-state index in [9.17, 15) is 19.5 Å². The van der Waals surface area contributed by atoms with Crippen LogP contribution in [-0.2, 0) is 9.59 Å². The number of benzene rings is 2. The Morgan fingerprint density at radius 3 is 2.06 bits per heavy atom. The molecule has 1 atom stereocenters. The third-order valence-corrected chi connectivity index (χ3v) is 7.02. The highest BCUT2D eigenvalue weighted by molar-refractivity contribution is 6.04. The maximum Gasteiger partial charge on any atom is 0.407 e. The largest absolute Gasteiger partial charge is 0.465 e. The monoisotopic (exact) mass is 434 g/mol. The molecule has 3 heterocycles. The summed E-state index contributed by atoms with van der Waals surface area (Å²) in [6, 6.07) is 18.7. The van der Waals surface area contributed by atoms with Gasteiger partial charge in [-0.05, 0) is 43.5 Å². The van der Waals surface area contributed by atoms with Crippen molar-refractivity contribution in [2.75, 3.05) is 36.1 Å². The highest BCUT2D eigenvalue weighted by Crippen LogP contribution is 2.41. The first-order valence-electron chi connectivity index (χ1n) is 11.0. The number of nitrogens with zero attached hydrogens (tertiary/aromatic N) is 4.